The van der Waals surface area contributed by atoms with Crippen molar-refractivity contribution in [1.82, 2.24) is 19.9 Å². The normalized spacial score (nSPS) is 20.3. The smallest absolute Gasteiger partial charge is 0.293 e. The van der Waals surface area contributed by atoms with Crippen molar-refractivity contribution in [2.45, 2.75) is 38.3 Å². The van der Waals surface area contributed by atoms with Crippen LogP contribution in [-0.2, 0) is 13.6 Å². The van der Waals surface area contributed by atoms with Crippen LogP contribution in [0.3, 0.4) is 0 Å². The average Bonchev–Trinajstić information content (AvgIpc) is 3.24. The maximum absolute atomic E-state index is 12.3. The first-order valence-electron chi connectivity index (χ1n) is 9.90. The third kappa shape index (κ3) is 4.13. The second-order valence-electron chi connectivity index (χ2n) is 7.55. The number of piperidine rings is 1. The molecule has 2 aliphatic rings. The van der Waals surface area contributed by atoms with Crippen molar-refractivity contribution in [2.75, 3.05) is 36.0 Å². The maximum Gasteiger partial charge on any atom is 0.293 e. The zero-order valence-electron chi connectivity index (χ0n) is 16.0. The van der Waals surface area contributed by atoms with Gasteiger partial charge in [0.15, 0.2) is 5.82 Å². The molecule has 2 fully saturated rings. The molecule has 7 nitrogen and oxygen atoms in total. The highest BCUT2D eigenvalue weighted by atomic mass is 16.1. The number of hydrogen-bond donors (Lipinski definition) is 1. The van der Waals surface area contributed by atoms with Crippen LogP contribution in [0.5, 0.6) is 0 Å². The molecule has 0 amide bonds. The predicted molar refractivity (Wildman–Crippen MR) is 107 cm³/mol. The standard InChI is InChI=1S/C20H28N6O/c1-24-12-8-21-19(20(24)27)26-11-4-5-17(15-26)22-13-16-6-7-18(23-14-16)25-9-2-3-10-25/h6-8,12,14,17,22H,2-5,9-11,13,15H2,1H3/t17-/m0/s1. The van der Waals surface area contributed by atoms with E-state index in [4.69, 9.17) is 0 Å². The Morgan fingerprint density at radius 1 is 1.11 bits per heavy atom. The first-order valence-corrected chi connectivity index (χ1v) is 9.90. The molecule has 1 N–H and O–H groups in total. The molecule has 0 aliphatic carbocycles. The van der Waals surface area contributed by atoms with E-state index in [9.17, 15) is 4.79 Å². The zero-order valence-corrected chi connectivity index (χ0v) is 16.0. The van der Waals surface area contributed by atoms with E-state index in [2.05, 4.69) is 37.2 Å². The molecule has 2 aliphatic heterocycles. The third-order valence-corrected chi connectivity index (χ3v) is 5.55. The highest BCUT2D eigenvalue weighted by Crippen LogP contribution is 2.18. The molecule has 0 spiro atoms. The number of rotatable bonds is 5. The monoisotopic (exact) mass is 368 g/mol. The third-order valence-electron chi connectivity index (χ3n) is 5.55. The van der Waals surface area contributed by atoms with Crippen molar-refractivity contribution < 1.29 is 0 Å². The molecule has 2 aromatic rings. The minimum atomic E-state index is -0.0279. The summed E-state index contributed by atoms with van der Waals surface area (Å²) in [6.07, 6.45) is 10.1. The molecule has 144 valence electrons. The zero-order chi connectivity index (χ0) is 18.6. The molecule has 0 aromatic carbocycles. The number of aryl methyl sites for hydroxylation is 1. The van der Waals surface area contributed by atoms with Crippen LogP contribution in [-0.4, -0.2) is 46.8 Å². The van der Waals surface area contributed by atoms with Gasteiger partial charge in [0.05, 0.1) is 0 Å². The fraction of sp³-hybridized carbons (Fsp3) is 0.550. The van der Waals surface area contributed by atoms with Crippen LogP contribution in [0.15, 0.2) is 35.5 Å². The van der Waals surface area contributed by atoms with Gasteiger partial charge in [-0.1, -0.05) is 6.07 Å². The number of nitrogens with zero attached hydrogens (tertiary/aromatic N) is 5. The molecule has 0 unspecified atom stereocenters. The Morgan fingerprint density at radius 3 is 2.70 bits per heavy atom. The van der Waals surface area contributed by atoms with Crippen LogP contribution in [0, 0.1) is 0 Å². The van der Waals surface area contributed by atoms with Crippen molar-refractivity contribution in [3.8, 4) is 0 Å². The Bertz CT molecular complexity index is 812. The average molecular weight is 368 g/mol. The summed E-state index contributed by atoms with van der Waals surface area (Å²) in [5.41, 5.74) is 1.17. The molecular weight excluding hydrogens is 340 g/mol. The summed E-state index contributed by atoms with van der Waals surface area (Å²) in [5.74, 6) is 1.65. The largest absolute Gasteiger partial charge is 0.357 e. The highest BCUT2D eigenvalue weighted by Gasteiger charge is 2.22. The fourth-order valence-electron chi connectivity index (χ4n) is 3.95. The van der Waals surface area contributed by atoms with Gasteiger partial charge < -0.3 is 19.7 Å². The summed E-state index contributed by atoms with van der Waals surface area (Å²) >= 11 is 0. The van der Waals surface area contributed by atoms with Crippen molar-refractivity contribution >= 4 is 11.6 Å². The molecule has 2 saturated heterocycles. The van der Waals surface area contributed by atoms with Crippen molar-refractivity contribution in [3.05, 3.63) is 46.6 Å². The quantitative estimate of drug-likeness (QED) is 0.864. The summed E-state index contributed by atoms with van der Waals surface area (Å²) < 4.78 is 1.59. The molecule has 7 heteroatoms. The summed E-state index contributed by atoms with van der Waals surface area (Å²) in [6.45, 7) is 4.74. The van der Waals surface area contributed by atoms with Crippen molar-refractivity contribution in [3.63, 3.8) is 0 Å². The number of hydrogen-bond acceptors (Lipinski definition) is 6. The van der Waals surface area contributed by atoms with E-state index in [1.165, 1.54) is 18.4 Å². The lowest BCUT2D eigenvalue weighted by atomic mass is 10.1. The van der Waals surface area contributed by atoms with Crippen LogP contribution in [0.4, 0.5) is 11.6 Å². The first kappa shape index (κ1) is 18.0. The van der Waals surface area contributed by atoms with Gasteiger partial charge in [-0.25, -0.2) is 9.97 Å². The Labute approximate surface area is 160 Å². The second-order valence-corrected chi connectivity index (χ2v) is 7.55. The fourth-order valence-corrected chi connectivity index (χ4v) is 3.95. The van der Waals surface area contributed by atoms with E-state index in [-0.39, 0.29) is 5.56 Å². The van der Waals surface area contributed by atoms with Crippen molar-refractivity contribution in [2.24, 2.45) is 7.05 Å². The molecule has 27 heavy (non-hydrogen) atoms. The van der Waals surface area contributed by atoms with Gasteiger partial charge in [-0.2, -0.15) is 0 Å². The van der Waals surface area contributed by atoms with E-state index >= 15 is 0 Å². The predicted octanol–water partition coefficient (Wildman–Crippen LogP) is 1.53. The van der Waals surface area contributed by atoms with Crippen LogP contribution < -0.4 is 20.7 Å². The number of pyridine rings is 1. The van der Waals surface area contributed by atoms with Crippen LogP contribution in [0.2, 0.25) is 0 Å². The van der Waals surface area contributed by atoms with Gasteiger partial charge >= 0.3 is 0 Å². The molecule has 4 rings (SSSR count). The molecule has 4 heterocycles. The SMILES string of the molecule is Cn1ccnc(N2CCC[C@H](NCc3ccc(N4CCCC4)nc3)C2)c1=O. The van der Waals surface area contributed by atoms with E-state index in [1.54, 1.807) is 24.0 Å². The molecular formula is C20H28N6O. The summed E-state index contributed by atoms with van der Waals surface area (Å²) in [4.78, 5) is 25.7. The van der Waals surface area contributed by atoms with E-state index < -0.39 is 0 Å². The lowest BCUT2D eigenvalue weighted by molar-refractivity contribution is 0.418. The molecule has 2 aromatic heterocycles. The summed E-state index contributed by atoms with van der Waals surface area (Å²) in [7, 11) is 1.77. The van der Waals surface area contributed by atoms with Gasteiger partial charge in [0.1, 0.15) is 5.82 Å². The van der Waals surface area contributed by atoms with Gasteiger partial charge in [-0.3, -0.25) is 4.79 Å². The summed E-state index contributed by atoms with van der Waals surface area (Å²) in [6, 6.07) is 4.65. The second kappa shape index (κ2) is 8.08. The van der Waals surface area contributed by atoms with Gasteiger partial charge in [0.2, 0.25) is 0 Å². The number of anilines is 2. The maximum atomic E-state index is 12.3. The van der Waals surface area contributed by atoms with E-state index in [1.807, 2.05) is 6.20 Å². The Kier molecular flexibility index (Phi) is 5.38. The minimum absolute atomic E-state index is 0.0279. The van der Waals surface area contributed by atoms with E-state index in [0.717, 1.165) is 51.4 Å². The lowest BCUT2D eigenvalue weighted by Gasteiger charge is -2.33. The Balaban J connectivity index is 1.34. The van der Waals surface area contributed by atoms with Gasteiger partial charge in [0, 0.05) is 64.4 Å². The molecule has 0 saturated carbocycles. The minimum Gasteiger partial charge on any atom is -0.357 e. The highest BCUT2D eigenvalue weighted by molar-refractivity contribution is 5.40. The molecule has 1 atom stereocenters. The van der Waals surface area contributed by atoms with Crippen LogP contribution in [0.25, 0.3) is 0 Å². The van der Waals surface area contributed by atoms with Crippen LogP contribution in [0.1, 0.15) is 31.2 Å². The van der Waals surface area contributed by atoms with Crippen LogP contribution >= 0.6 is 0 Å². The Morgan fingerprint density at radius 2 is 1.93 bits per heavy atom. The Hall–Kier alpha value is -2.41. The molecule has 0 radical (unpaired) electrons. The van der Waals surface area contributed by atoms with Gasteiger partial charge in [0.25, 0.3) is 5.56 Å². The van der Waals surface area contributed by atoms with Crippen molar-refractivity contribution in [1.29, 1.82) is 0 Å². The van der Waals surface area contributed by atoms with Gasteiger partial charge in [-0.05, 0) is 37.3 Å². The number of nitrogens with one attached hydrogen (secondary N) is 1. The van der Waals surface area contributed by atoms with Gasteiger partial charge in [-0.15, -0.1) is 0 Å². The number of aromatic nitrogens is 3. The summed E-state index contributed by atoms with van der Waals surface area (Å²) in [5, 5.41) is 3.63. The lowest BCUT2D eigenvalue weighted by Crippen LogP contribution is -2.47. The van der Waals surface area contributed by atoms with E-state index in [0.29, 0.717) is 11.9 Å². The first-order chi connectivity index (χ1) is 13.2. The molecule has 0 bridgehead atoms. The topological polar surface area (TPSA) is 66.3 Å².